The molecule has 0 amide bonds. The van der Waals surface area contributed by atoms with Crippen LogP contribution in [0.25, 0.3) is 10.9 Å². The van der Waals surface area contributed by atoms with Crippen molar-refractivity contribution in [3.05, 3.63) is 106 Å². The summed E-state index contributed by atoms with van der Waals surface area (Å²) in [5.41, 5.74) is 1.46. The van der Waals surface area contributed by atoms with Crippen LogP contribution in [0.15, 0.2) is 83.7 Å². The van der Waals surface area contributed by atoms with Gasteiger partial charge in [0.1, 0.15) is 11.6 Å². The van der Waals surface area contributed by atoms with Gasteiger partial charge in [0.2, 0.25) is 0 Å². The molecule has 0 saturated carbocycles. The first kappa shape index (κ1) is 19.3. The van der Waals surface area contributed by atoms with Gasteiger partial charge < -0.3 is 9.72 Å². The van der Waals surface area contributed by atoms with E-state index in [1.54, 1.807) is 72.8 Å². The molecule has 0 unspecified atom stereocenters. The second-order valence-corrected chi connectivity index (χ2v) is 6.72. The van der Waals surface area contributed by atoms with E-state index in [0.717, 1.165) is 0 Å². The molecule has 1 N–H and O–H groups in total. The summed E-state index contributed by atoms with van der Waals surface area (Å²) in [5.74, 6) is 0.233. The predicted octanol–water partition coefficient (Wildman–Crippen LogP) is 3.69. The van der Waals surface area contributed by atoms with Crippen molar-refractivity contribution in [1.29, 1.82) is 0 Å². The topological polar surface area (TPSA) is 89.1 Å². The van der Waals surface area contributed by atoms with Crippen LogP contribution >= 0.6 is 0 Å². The summed E-state index contributed by atoms with van der Waals surface area (Å²) in [7, 11) is 0. The van der Waals surface area contributed by atoms with Crippen LogP contribution in [0, 0.1) is 0 Å². The zero-order valence-corrected chi connectivity index (χ0v) is 16.0. The van der Waals surface area contributed by atoms with Gasteiger partial charge in [-0.3, -0.25) is 14.4 Å². The number of nitrogens with zero attached hydrogens (tertiary/aromatic N) is 1. The van der Waals surface area contributed by atoms with Gasteiger partial charge in [-0.05, 0) is 36.4 Å². The van der Waals surface area contributed by atoms with Crippen LogP contribution in [-0.2, 0) is 11.2 Å². The summed E-state index contributed by atoms with van der Waals surface area (Å²) in [6, 6.07) is 22.4. The molecular weight excluding hydrogens is 380 g/mol. The van der Waals surface area contributed by atoms with E-state index in [4.69, 9.17) is 4.74 Å². The second kappa shape index (κ2) is 8.53. The van der Waals surface area contributed by atoms with Gasteiger partial charge >= 0.3 is 5.97 Å². The average molecular weight is 398 g/mol. The highest BCUT2D eigenvalue weighted by Gasteiger charge is 2.11. The monoisotopic (exact) mass is 398 g/mol. The number of aromatic nitrogens is 2. The summed E-state index contributed by atoms with van der Waals surface area (Å²) < 4.78 is 5.32. The molecule has 148 valence electrons. The van der Waals surface area contributed by atoms with Crippen molar-refractivity contribution in [2.45, 2.75) is 12.8 Å². The minimum atomic E-state index is -0.451. The Hall–Kier alpha value is -4.06. The number of aromatic amines is 1. The number of ketones is 1. The molecule has 4 rings (SSSR count). The quantitative estimate of drug-likeness (QED) is 0.304. The van der Waals surface area contributed by atoms with Gasteiger partial charge in [0.15, 0.2) is 5.78 Å². The molecule has 6 heteroatoms. The van der Waals surface area contributed by atoms with Crippen LogP contribution in [0.4, 0.5) is 0 Å². The lowest BCUT2D eigenvalue weighted by Gasteiger charge is -2.06. The zero-order chi connectivity index (χ0) is 20.9. The lowest BCUT2D eigenvalue weighted by molar-refractivity contribution is -0.134. The fraction of sp³-hybridized carbons (Fsp3) is 0.0833. The molecule has 0 aliphatic heterocycles. The molecule has 1 heterocycles. The number of H-pyrrole nitrogens is 1. The maximum Gasteiger partial charge on any atom is 0.311 e. The summed E-state index contributed by atoms with van der Waals surface area (Å²) in [6.07, 6.45) is 0.315. The standard InChI is InChI=1S/C24H18N2O4/c27-22(15-14-21-25-20-9-5-4-8-19(20)24(29)26-21)30-18-12-10-17(11-13-18)23(28)16-6-2-1-3-7-16/h1-13H,14-15H2,(H,25,26,29). The SMILES string of the molecule is O=C(CCc1nc2ccccc2c(=O)[nH]1)Oc1ccc(C(=O)c2ccccc2)cc1. The van der Waals surface area contributed by atoms with Crippen molar-refractivity contribution in [1.82, 2.24) is 9.97 Å². The van der Waals surface area contributed by atoms with Crippen molar-refractivity contribution >= 4 is 22.7 Å². The van der Waals surface area contributed by atoms with E-state index in [-0.39, 0.29) is 24.2 Å². The zero-order valence-electron chi connectivity index (χ0n) is 16.0. The molecule has 0 aliphatic carbocycles. The molecule has 6 nitrogen and oxygen atoms in total. The van der Waals surface area contributed by atoms with E-state index >= 15 is 0 Å². The Kier molecular flexibility index (Phi) is 5.48. The van der Waals surface area contributed by atoms with Gasteiger partial charge in [-0.15, -0.1) is 0 Å². The number of benzene rings is 3. The van der Waals surface area contributed by atoms with Crippen molar-refractivity contribution in [3.63, 3.8) is 0 Å². The minimum absolute atomic E-state index is 0.0615. The van der Waals surface area contributed by atoms with E-state index in [2.05, 4.69) is 9.97 Å². The Labute approximate surface area is 172 Å². The third kappa shape index (κ3) is 4.33. The molecule has 0 bridgehead atoms. The number of esters is 1. The molecule has 4 aromatic rings. The van der Waals surface area contributed by atoms with Crippen molar-refractivity contribution in [2.24, 2.45) is 0 Å². The highest BCUT2D eigenvalue weighted by atomic mass is 16.5. The molecule has 0 saturated heterocycles. The number of nitrogens with one attached hydrogen (secondary N) is 1. The first-order valence-electron chi connectivity index (χ1n) is 9.48. The maximum atomic E-state index is 12.4. The van der Waals surface area contributed by atoms with E-state index < -0.39 is 5.97 Å². The van der Waals surface area contributed by atoms with Gasteiger partial charge in [-0.25, -0.2) is 4.98 Å². The van der Waals surface area contributed by atoms with E-state index in [0.29, 0.717) is 33.6 Å². The van der Waals surface area contributed by atoms with Crippen LogP contribution in [0.3, 0.4) is 0 Å². The fourth-order valence-corrected chi connectivity index (χ4v) is 3.09. The third-order valence-corrected chi connectivity index (χ3v) is 4.61. The van der Waals surface area contributed by atoms with Crippen LogP contribution in [0.2, 0.25) is 0 Å². The largest absolute Gasteiger partial charge is 0.427 e. The number of ether oxygens (including phenoxy) is 1. The highest BCUT2D eigenvalue weighted by Crippen LogP contribution is 2.16. The van der Waals surface area contributed by atoms with Crippen LogP contribution in [0.1, 0.15) is 28.2 Å². The molecule has 0 aliphatic rings. The third-order valence-electron chi connectivity index (χ3n) is 4.61. The first-order valence-corrected chi connectivity index (χ1v) is 9.48. The number of carbonyl (C=O) groups is 2. The van der Waals surface area contributed by atoms with Gasteiger partial charge in [-0.1, -0.05) is 42.5 Å². The normalized spacial score (nSPS) is 10.7. The molecule has 30 heavy (non-hydrogen) atoms. The predicted molar refractivity (Wildman–Crippen MR) is 113 cm³/mol. The lowest BCUT2D eigenvalue weighted by Crippen LogP contribution is -2.15. The average Bonchev–Trinajstić information content (AvgIpc) is 2.78. The minimum Gasteiger partial charge on any atom is -0.427 e. The number of fused-ring (bicyclic) bond motifs is 1. The Morgan fingerprint density at radius 1 is 0.833 bits per heavy atom. The number of hydrogen-bond acceptors (Lipinski definition) is 5. The summed E-state index contributed by atoms with van der Waals surface area (Å²) >= 11 is 0. The second-order valence-electron chi connectivity index (χ2n) is 6.72. The Balaban J connectivity index is 1.37. The number of para-hydroxylation sites is 1. The fourth-order valence-electron chi connectivity index (χ4n) is 3.09. The number of carbonyl (C=O) groups excluding carboxylic acids is 2. The molecule has 1 aromatic heterocycles. The van der Waals surface area contributed by atoms with E-state index in [1.807, 2.05) is 6.07 Å². The number of rotatable bonds is 6. The molecule has 0 fully saturated rings. The molecule has 3 aromatic carbocycles. The smallest absolute Gasteiger partial charge is 0.311 e. The van der Waals surface area contributed by atoms with Crippen LogP contribution < -0.4 is 10.3 Å². The van der Waals surface area contributed by atoms with E-state index in [9.17, 15) is 14.4 Å². The first-order chi connectivity index (χ1) is 14.6. The van der Waals surface area contributed by atoms with Crippen LogP contribution in [0.5, 0.6) is 5.75 Å². The van der Waals surface area contributed by atoms with Crippen LogP contribution in [-0.4, -0.2) is 21.7 Å². The summed E-state index contributed by atoms with van der Waals surface area (Å²) in [4.78, 5) is 43.7. The maximum absolute atomic E-state index is 12.4. The molecule has 0 radical (unpaired) electrons. The van der Waals surface area contributed by atoms with Gasteiger partial charge in [-0.2, -0.15) is 0 Å². The van der Waals surface area contributed by atoms with Gasteiger partial charge in [0.05, 0.1) is 17.3 Å². The Bertz CT molecular complexity index is 1260. The van der Waals surface area contributed by atoms with Crippen molar-refractivity contribution in [3.8, 4) is 5.75 Å². The number of aryl methyl sites for hydroxylation is 1. The molecule has 0 spiro atoms. The Morgan fingerprint density at radius 3 is 2.27 bits per heavy atom. The Morgan fingerprint density at radius 2 is 1.50 bits per heavy atom. The summed E-state index contributed by atoms with van der Waals surface area (Å²) in [5, 5.41) is 0.508. The van der Waals surface area contributed by atoms with Crippen molar-refractivity contribution in [2.75, 3.05) is 0 Å². The summed E-state index contributed by atoms with van der Waals surface area (Å²) in [6.45, 7) is 0. The highest BCUT2D eigenvalue weighted by molar-refractivity contribution is 6.09. The van der Waals surface area contributed by atoms with Crippen molar-refractivity contribution < 1.29 is 14.3 Å². The number of hydrogen-bond donors (Lipinski definition) is 1. The van der Waals surface area contributed by atoms with Gasteiger partial charge in [0.25, 0.3) is 5.56 Å². The molecular formula is C24H18N2O4. The lowest BCUT2D eigenvalue weighted by atomic mass is 10.0. The molecule has 0 atom stereocenters. The van der Waals surface area contributed by atoms with Gasteiger partial charge in [0, 0.05) is 17.5 Å². The van der Waals surface area contributed by atoms with E-state index in [1.165, 1.54) is 0 Å².